The van der Waals surface area contributed by atoms with Crippen LogP contribution in [0.1, 0.15) is 24.8 Å². The van der Waals surface area contributed by atoms with E-state index in [0.29, 0.717) is 15.7 Å². The summed E-state index contributed by atoms with van der Waals surface area (Å²) in [6.45, 7) is 1.87. The lowest BCUT2D eigenvalue weighted by molar-refractivity contribution is -0.384. The number of carbonyl (C=O) groups is 2. The van der Waals surface area contributed by atoms with Crippen LogP contribution in [0.2, 0.25) is 10.0 Å². The van der Waals surface area contributed by atoms with Crippen molar-refractivity contribution in [2.24, 2.45) is 0 Å². The molecule has 0 spiro atoms. The molecule has 2 heterocycles. The number of nitrogens with zero attached hydrogens (tertiary/aromatic N) is 2. The summed E-state index contributed by atoms with van der Waals surface area (Å²) in [4.78, 5) is 55.7. The van der Waals surface area contributed by atoms with E-state index in [4.69, 9.17) is 27.9 Å². The number of halogens is 2. The number of non-ortho nitro benzene ring substituents is 1. The zero-order valence-electron chi connectivity index (χ0n) is 18.6. The second kappa shape index (κ2) is 10.2. The molecule has 4 N–H and O–H groups in total. The van der Waals surface area contributed by atoms with Crippen LogP contribution in [0, 0.1) is 10.1 Å². The Labute approximate surface area is 213 Å². The molecule has 0 radical (unpaired) electrons. The van der Waals surface area contributed by atoms with Crippen molar-refractivity contribution in [3.8, 4) is 5.75 Å². The number of fused-ring (bicyclic) bond motifs is 1. The number of H-pyrrole nitrogens is 1. The number of rotatable bonds is 7. The van der Waals surface area contributed by atoms with Gasteiger partial charge in [-0.2, -0.15) is 4.98 Å². The van der Waals surface area contributed by atoms with Crippen molar-refractivity contribution in [2.45, 2.75) is 19.3 Å². The summed E-state index contributed by atoms with van der Waals surface area (Å²) >= 11 is 12.0. The van der Waals surface area contributed by atoms with E-state index in [-0.39, 0.29) is 47.5 Å². The second-order valence-corrected chi connectivity index (χ2v) is 8.50. The largest absolute Gasteiger partial charge is 0.491 e. The molecule has 0 aliphatic carbocycles. The molecule has 1 aliphatic rings. The predicted octanol–water partition coefficient (Wildman–Crippen LogP) is 4.19. The Kier molecular flexibility index (Phi) is 7.08. The summed E-state index contributed by atoms with van der Waals surface area (Å²) in [7, 11) is 0. The molecule has 3 aromatic rings. The van der Waals surface area contributed by atoms with E-state index in [1.807, 2.05) is 0 Å². The first-order valence-corrected chi connectivity index (χ1v) is 11.3. The van der Waals surface area contributed by atoms with Gasteiger partial charge < -0.3 is 20.7 Å². The van der Waals surface area contributed by atoms with E-state index < -0.39 is 28.2 Å². The molecule has 4 rings (SSSR count). The smallest absolute Gasteiger partial charge is 0.273 e. The van der Waals surface area contributed by atoms with Gasteiger partial charge in [0.25, 0.3) is 11.2 Å². The molecule has 1 aliphatic heterocycles. The van der Waals surface area contributed by atoms with Gasteiger partial charge >= 0.3 is 0 Å². The second-order valence-electron chi connectivity index (χ2n) is 7.62. The van der Waals surface area contributed by atoms with Crippen molar-refractivity contribution >= 4 is 63.8 Å². The maximum absolute atomic E-state index is 13.1. The standard InChI is InChI=1S/C22H18Cl2N6O6/c1-2-36-16-8-13(30(34)35)3-4-15(16)26-20(32)14-9-17(31)27-19-18(14)21(33)29-22(28-19)25-12-6-10(23)5-11(24)7-12/h3-8,14H,2,9H2,1H3,(H,26,32)(H3,25,27,28,29,31,33). The van der Waals surface area contributed by atoms with Crippen molar-refractivity contribution < 1.29 is 19.2 Å². The number of hydrogen-bond donors (Lipinski definition) is 4. The minimum atomic E-state index is -1.18. The number of benzene rings is 2. The van der Waals surface area contributed by atoms with E-state index in [1.54, 1.807) is 19.1 Å². The minimum absolute atomic E-state index is 0.00700. The molecule has 2 aromatic carbocycles. The fraction of sp³-hybridized carbons (Fsp3) is 0.182. The van der Waals surface area contributed by atoms with Crippen LogP contribution in [0.15, 0.2) is 41.2 Å². The van der Waals surface area contributed by atoms with E-state index in [2.05, 4.69) is 25.9 Å². The molecule has 186 valence electrons. The lowest BCUT2D eigenvalue weighted by Crippen LogP contribution is -2.36. The zero-order chi connectivity index (χ0) is 26.0. The summed E-state index contributed by atoms with van der Waals surface area (Å²) < 4.78 is 5.41. The summed E-state index contributed by atoms with van der Waals surface area (Å²) in [6, 6.07) is 8.34. The fourth-order valence-corrected chi connectivity index (χ4v) is 4.17. The molecule has 1 atom stereocenters. The third-order valence-corrected chi connectivity index (χ3v) is 5.56. The predicted molar refractivity (Wildman–Crippen MR) is 133 cm³/mol. The first-order valence-electron chi connectivity index (χ1n) is 10.5. The molecule has 0 saturated heterocycles. The summed E-state index contributed by atoms with van der Waals surface area (Å²) in [5, 5.41) is 19.7. The summed E-state index contributed by atoms with van der Waals surface area (Å²) in [6.07, 6.45) is -0.308. The van der Waals surface area contributed by atoms with Gasteiger partial charge in [-0.15, -0.1) is 0 Å². The molecule has 12 nitrogen and oxygen atoms in total. The van der Waals surface area contributed by atoms with Gasteiger partial charge in [0.15, 0.2) is 0 Å². The summed E-state index contributed by atoms with van der Waals surface area (Å²) in [5.74, 6) is -2.40. The quantitative estimate of drug-likeness (QED) is 0.259. The number of anilines is 4. The van der Waals surface area contributed by atoms with Crippen LogP contribution in [0.5, 0.6) is 5.75 Å². The molecule has 36 heavy (non-hydrogen) atoms. The van der Waals surface area contributed by atoms with Crippen molar-refractivity contribution in [1.82, 2.24) is 9.97 Å². The van der Waals surface area contributed by atoms with Crippen LogP contribution >= 0.6 is 23.2 Å². The molecule has 0 bridgehead atoms. The minimum Gasteiger partial charge on any atom is -0.491 e. The molecule has 1 unspecified atom stereocenters. The average molecular weight is 533 g/mol. The van der Waals surface area contributed by atoms with Gasteiger partial charge in [0.2, 0.25) is 17.8 Å². The number of carbonyl (C=O) groups excluding carboxylic acids is 2. The highest BCUT2D eigenvalue weighted by atomic mass is 35.5. The number of aromatic nitrogens is 2. The Balaban J connectivity index is 1.64. The van der Waals surface area contributed by atoms with Crippen LogP contribution in [-0.2, 0) is 9.59 Å². The highest BCUT2D eigenvalue weighted by Crippen LogP contribution is 2.34. The number of nitro benzene ring substituents is 1. The highest BCUT2D eigenvalue weighted by Gasteiger charge is 2.35. The van der Waals surface area contributed by atoms with Gasteiger partial charge in [-0.3, -0.25) is 29.5 Å². The van der Waals surface area contributed by atoms with E-state index in [1.165, 1.54) is 24.3 Å². The maximum atomic E-state index is 13.1. The Morgan fingerprint density at radius 1 is 1.22 bits per heavy atom. The fourth-order valence-electron chi connectivity index (χ4n) is 3.64. The van der Waals surface area contributed by atoms with E-state index in [9.17, 15) is 24.5 Å². The van der Waals surface area contributed by atoms with Gasteiger partial charge in [0, 0.05) is 28.2 Å². The van der Waals surface area contributed by atoms with Crippen LogP contribution < -0.4 is 26.2 Å². The molecule has 2 amide bonds. The number of nitro groups is 1. The number of ether oxygens (including phenoxy) is 1. The maximum Gasteiger partial charge on any atom is 0.273 e. The Morgan fingerprint density at radius 2 is 1.94 bits per heavy atom. The highest BCUT2D eigenvalue weighted by molar-refractivity contribution is 6.35. The Hall–Kier alpha value is -4.16. The summed E-state index contributed by atoms with van der Waals surface area (Å²) in [5.41, 5.74) is -0.319. The third kappa shape index (κ3) is 5.39. The average Bonchev–Trinajstić information content (AvgIpc) is 2.78. The van der Waals surface area contributed by atoms with Crippen LogP contribution in [0.4, 0.5) is 28.8 Å². The number of amides is 2. The lowest BCUT2D eigenvalue weighted by atomic mass is 9.92. The Morgan fingerprint density at radius 3 is 2.61 bits per heavy atom. The molecular formula is C22H18Cl2N6O6. The van der Waals surface area contributed by atoms with Gasteiger partial charge in [0.05, 0.1) is 34.8 Å². The van der Waals surface area contributed by atoms with E-state index in [0.717, 1.165) is 0 Å². The van der Waals surface area contributed by atoms with Gasteiger partial charge in [0.1, 0.15) is 11.6 Å². The molecular weight excluding hydrogens is 515 g/mol. The first kappa shape index (κ1) is 24.9. The van der Waals surface area contributed by atoms with Crippen LogP contribution in [0.25, 0.3) is 0 Å². The zero-order valence-corrected chi connectivity index (χ0v) is 20.1. The monoisotopic (exact) mass is 532 g/mol. The molecule has 0 fully saturated rings. The molecule has 14 heteroatoms. The Bertz CT molecular complexity index is 1420. The SMILES string of the molecule is CCOc1cc([N+](=O)[O-])ccc1NC(=O)C1CC(=O)Nc2nc(Nc3cc(Cl)cc(Cl)c3)[nH]c(=O)c21. The van der Waals surface area contributed by atoms with Gasteiger partial charge in [-0.05, 0) is 31.2 Å². The number of aromatic amines is 1. The van der Waals surface area contributed by atoms with Crippen molar-refractivity contribution in [1.29, 1.82) is 0 Å². The van der Waals surface area contributed by atoms with E-state index >= 15 is 0 Å². The molecule has 1 aromatic heterocycles. The third-order valence-electron chi connectivity index (χ3n) is 5.13. The topological polar surface area (TPSA) is 168 Å². The van der Waals surface area contributed by atoms with Gasteiger partial charge in [-0.1, -0.05) is 23.2 Å². The van der Waals surface area contributed by atoms with Crippen LogP contribution in [0.3, 0.4) is 0 Å². The number of nitrogens with one attached hydrogen (secondary N) is 4. The van der Waals surface area contributed by atoms with Gasteiger partial charge in [-0.25, -0.2) is 0 Å². The normalized spacial score (nSPS) is 14.4. The van der Waals surface area contributed by atoms with Crippen LogP contribution in [-0.4, -0.2) is 33.3 Å². The van der Waals surface area contributed by atoms with Crippen molar-refractivity contribution in [3.05, 3.63) is 72.5 Å². The molecule has 0 saturated carbocycles. The van der Waals surface area contributed by atoms with Crippen molar-refractivity contribution in [2.75, 3.05) is 22.6 Å². The lowest BCUT2D eigenvalue weighted by Gasteiger charge is -2.24. The first-order chi connectivity index (χ1) is 17.1. The van der Waals surface area contributed by atoms with Crippen molar-refractivity contribution in [3.63, 3.8) is 0 Å². The number of hydrogen-bond acceptors (Lipinski definition) is 8.